The van der Waals surface area contributed by atoms with Gasteiger partial charge in [-0.1, -0.05) is 6.07 Å². The zero-order chi connectivity index (χ0) is 27.7. The minimum Gasteiger partial charge on any atom is -0.340 e. The number of pyridine rings is 1. The number of hydrogen-bond donors (Lipinski definition) is 1. The molecular weight excluding hydrogens is 508 g/mol. The highest BCUT2D eigenvalue weighted by Gasteiger charge is 2.34. The molecule has 0 aliphatic carbocycles. The van der Waals surface area contributed by atoms with Crippen LogP contribution in [0.5, 0.6) is 0 Å². The van der Waals surface area contributed by atoms with E-state index in [2.05, 4.69) is 25.2 Å². The fourth-order valence-corrected chi connectivity index (χ4v) is 3.81. The van der Waals surface area contributed by atoms with Crippen LogP contribution in [0.3, 0.4) is 0 Å². The summed E-state index contributed by atoms with van der Waals surface area (Å²) in [5, 5.41) is 3.54. The summed E-state index contributed by atoms with van der Waals surface area (Å²) >= 11 is 0. The molecule has 0 atom stereocenters. The molecule has 38 heavy (non-hydrogen) atoms. The molecule has 2 heterocycles. The third-order valence-electron chi connectivity index (χ3n) is 6.17. The van der Waals surface area contributed by atoms with Crippen LogP contribution in [0.1, 0.15) is 30.8 Å². The molecule has 0 aliphatic heterocycles. The minimum atomic E-state index is -4.59. The Hall–Kier alpha value is -3.73. The highest BCUT2D eigenvalue weighted by molar-refractivity contribution is 5.93. The highest BCUT2D eigenvalue weighted by Crippen LogP contribution is 2.37. The fraction of sp³-hybridized carbons (Fsp3) is 0.296. The van der Waals surface area contributed by atoms with Gasteiger partial charge in [-0.2, -0.15) is 26.3 Å². The van der Waals surface area contributed by atoms with E-state index >= 15 is 0 Å². The number of nitrogens with zero attached hydrogens (tertiary/aromatic N) is 4. The van der Waals surface area contributed by atoms with E-state index in [1.807, 2.05) is 20.9 Å². The average molecular weight is 534 g/mol. The molecule has 0 fully saturated rings. The maximum absolute atomic E-state index is 13.6. The molecule has 1 N–H and O–H groups in total. The molecule has 4 rings (SSSR count). The fourth-order valence-electron chi connectivity index (χ4n) is 3.81. The zero-order valence-electron chi connectivity index (χ0n) is 20.8. The summed E-state index contributed by atoms with van der Waals surface area (Å²) < 4.78 is 79.8. The van der Waals surface area contributed by atoms with Crippen molar-refractivity contribution in [1.82, 2.24) is 19.9 Å². The third-order valence-corrected chi connectivity index (χ3v) is 6.17. The predicted molar refractivity (Wildman–Crippen MR) is 134 cm³/mol. The van der Waals surface area contributed by atoms with Crippen molar-refractivity contribution in [3.05, 3.63) is 77.7 Å². The molecule has 0 saturated heterocycles. The van der Waals surface area contributed by atoms with Crippen LogP contribution < -0.4 is 5.32 Å². The molecule has 0 aliphatic rings. The summed E-state index contributed by atoms with van der Waals surface area (Å²) in [6.07, 6.45) is -7.31. The maximum atomic E-state index is 13.6. The standard InChI is InChI=1S/C27H25F6N5/c1-16(2)38(3)14-12-23-36-22-15-17(24-21(27(31,32)33)5-4-13-34-24)6-11-20(22)25(37-23)35-19-9-7-18(8-10-19)26(28,29)30/h4-11,13,15-16H,12,14H2,1-3H3,(H,35,36,37). The first-order chi connectivity index (χ1) is 17.8. The number of rotatable bonds is 7. The Labute approximate surface area is 215 Å². The Morgan fingerprint density at radius 1 is 0.895 bits per heavy atom. The number of hydrogen-bond acceptors (Lipinski definition) is 5. The van der Waals surface area contributed by atoms with E-state index in [0.29, 0.717) is 41.2 Å². The van der Waals surface area contributed by atoms with Gasteiger partial charge in [0.1, 0.15) is 11.6 Å². The van der Waals surface area contributed by atoms with Crippen LogP contribution in [0.2, 0.25) is 0 Å². The van der Waals surface area contributed by atoms with Gasteiger partial charge in [0.25, 0.3) is 0 Å². The second kappa shape index (κ2) is 10.6. The van der Waals surface area contributed by atoms with Crippen molar-refractivity contribution in [3.63, 3.8) is 0 Å². The topological polar surface area (TPSA) is 53.9 Å². The van der Waals surface area contributed by atoms with Gasteiger partial charge < -0.3 is 10.2 Å². The van der Waals surface area contributed by atoms with Gasteiger partial charge in [0.15, 0.2) is 0 Å². The smallest absolute Gasteiger partial charge is 0.340 e. The van der Waals surface area contributed by atoms with E-state index in [9.17, 15) is 26.3 Å². The maximum Gasteiger partial charge on any atom is 0.418 e. The van der Waals surface area contributed by atoms with Gasteiger partial charge in [-0.15, -0.1) is 0 Å². The summed E-state index contributed by atoms with van der Waals surface area (Å²) in [4.78, 5) is 15.2. The summed E-state index contributed by atoms with van der Waals surface area (Å²) in [7, 11) is 1.95. The Bertz CT molecular complexity index is 1410. The van der Waals surface area contributed by atoms with E-state index in [1.54, 1.807) is 6.07 Å². The van der Waals surface area contributed by atoms with Gasteiger partial charge in [-0.25, -0.2) is 9.97 Å². The second-order valence-corrected chi connectivity index (χ2v) is 9.14. The summed E-state index contributed by atoms with van der Waals surface area (Å²) in [5.74, 6) is 0.772. The zero-order valence-corrected chi connectivity index (χ0v) is 20.8. The van der Waals surface area contributed by atoms with Crippen molar-refractivity contribution in [2.75, 3.05) is 18.9 Å². The molecular formula is C27H25F6N5. The Kier molecular flexibility index (Phi) is 7.59. The summed E-state index contributed by atoms with van der Waals surface area (Å²) in [5.41, 5.74) is -0.887. The summed E-state index contributed by atoms with van der Waals surface area (Å²) in [6.45, 7) is 4.70. The lowest BCUT2D eigenvalue weighted by atomic mass is 10.0. The second-order valence-electron chi connectivity index (χ2n) is 9.14. The highest BCUT2D eigenvalue weighted by atomic mass is 19.4. The lowest BCUT2D eigenvalue weighted by Crippen LogP contribution is -2.28. The predicted octanol–water partition coefficient (Wildman–Crippen LogP) is 7.36. The van der Waals surface area contributed by atoms with Gasteiger partial charge in [-0.05, 0) is 69.4 Å². The Morgan fingerprint density at radius 3 is 2.24 bits per heavy atom. The number of aromatic nitrogens is 3. The van der Waals surface area contributed by atoms with Crippen molar-refractivity contribution in [3.8, 4) is 11.3 Å². The average Bonchev–Trinajstić information content (AvgIpc) is 2.86. The first kappa shape index (κ1) is 27.3. The number of halogens is 6. The number of alkyl halides is 6. The van der Waals surface area contributed by atoms with Gasteiger partial charge in [0, 0.05) is 41.8 Å². The molecule has 5 nitrogen and oxygen atoms in total. The van der Waals surface area contributed by atoms with E-state index in [0.717, 1.165) is 18.2 Å². The minimum absolute atomic E-state index is 0.223. The molecule has 0 radical (unpaired) electrons. The van der Waals surface area contributed by atoms with Crippen LogP contribution in [-0.4, -0.2) is 39.5 Å². The van der Waals surface area contributed by atoms with Gasteiger partial charge in [0.2, 0.25) is 0 Å². The van der Waals surface area contributed by atoms with E-state index in [4.69, 9.17) is 0 Å². The SMILES string of the molecule is CC(C)N(C)CCc1nc(Nc2ccc(C(F)(F)F)cc2)c2ccc(-c3ncccc3C(F)(F)F)cc2n1. The molecule has 2 aromatic carbocycles. The van der Waals surface area contributed by atoms with Gasteiger partial charge in [-0.3, -0.25) is 4.98 Å². The van der Waals surface area contributed by atoms with Crippen LogP contribution in [0.15, 0.2) is 60.8 Å². The Balaban J connectivity index is 1.78. The van der Waals surface area contributed by atoms with E-state index in [-0.39, 0.29) is 17.3 Å². The number of fused-ring (bicyclic) bond motifs is 1. The quantitative estimate of drug-likeness (QED) is 0.252. The molecule has 2 aromatic heterocycles. The van der Waals surface area contributed by atoms with Crippen LogP contribution in [0.4, 0.5) is 37.8 Å². The van der Waals surface area contributed by atoms with Crippen molar-refractivity contribution in [2.45, 2.75) is 38.7 Å². The lowest BCUT2D eigenvalue weighted by Gasteiger charge is -2.20. The van der Waals surface area contributed by atoms with Crippen molar-refractivity contribution >= 4 is 22.4 Å². The van der Waals surface area contributed by atoms with E-state index < -0.39 is 23.5 Å². The molecule has 4 aromatic rings. The van der Waals surface area contributed by atoms with Crippen LogP contribution >= 0.6 is 0 Å². The van der Waals surface area contributed by atoms with Gasteiger partial charge >= 0.3 is 12.4 Å². The molecule has 200 valence electrons. The number of likely N-dealkylation sites (N-methyl/N-ethyl adjacent to an activating group) is 1. The van der Waals surface area contributed by atoms with Gasteiger partial charge in [0.05, 0.1) is 22.3 Å². The monoisotopic (exact) mass is 533 g/mol. The lowest BCUT2D eigenvalue weighted by molar-refractivity contribution is -0.138. The molecule has 0 bridgehead atoms. The molecule has 0 unspecified atom stereocenters. The first-order valence-corrected chi connectivity index (χ1v) is 11.8. The molecule has 0 spiro atoms. The number of nitrogens with one attached hydrogen (secondary N) is 1. The van der Waals surface area contributed by atoms with Crippen LogP contribution in [0.25, 0.3) is 22.2 Å². The molecule has 0 amide bonds. The van der Waals surface area contributed by atoms with Crippen LogP contribution in [-0.2, 0) is 18.8 Å². The third kappa shape index (κ3) is 6.21. The van der Waals surface area contributed by atoms with E-state index in [1.165, 1.54) is 36.5 Å². The summed E-state index contributed by atoms with van der Waals surface area (Å²) in [6, 6.07) is 11.6. The van der Waals surface area contributed by atoms with Crippen molar-refractivity contribution in [2.24, 2.45) is 0 Å². The van der Waals surface area contributed by atoms with Crippen molar-refractivity contribution in [1.29, 1.82) is 0 Å². The molecule has 0 saturated carbocycles. The van der Waals surface area contributed by atoms with Crippen LogP contribution in [0, 0.1) is 0 Å². The first-order valence-electron chi connectivity index (χ1n) is 11.8. The van der Waals surface area contributed by atoms with Crippen molar-refractivity contribution < 1.29 is 26.3 Å². The number of anilines is 2. The molecule has 11 heteroatoms. The normalized spacial score (nSPS) is 12.5. The Morgan fingerprint density at radius 2 is 1.61 bits per heavy atom. The largest absolute Gasteiger partial charge is 0.418 e. The number of benzene rings is 2.